The van der Waals surface area contributed by atoms with E-state index in [0.717, 1.165) is 24.2 Å². The molecule has 0 unspecified atom stereocenters. The van der Waals surface area contributed by atoms with Gasteiger partial charge in [-0.1, -0.05) is 0 Å². The molecule has 1 amide bonds. The molecule has 4 heterocycles. The van der Waals surface area contributed by atoms with Crippen LogP contribution in [-0.2, 0) is 0 Å². The zero-order valence-corrected chi connectivity index (χ0v) is 15.0. The fraction of sp³-hybridized carbons (Fsp3) is 0.412. The summed E-state index contributed by atoms with van der Waals surface area (Å²) in [7, 11) is 0. The van der Waals surface area contributed by atoms with Gasteiger partial charge in [0.1, 0.15) is 5.69 Å². The minimum atomic E-state index is -0.0510. The number of hydrogen-bond donors (Lipinski definition) is 1. The Labute approximate surface area is 148 Å². The molecule has 25 heavy (non-hydrogen) atoms. The van der Waals surface area contributed by atoms with Crippen LogP contribution in [-0.4, -0.2) is 43.5 Å². The van der Waals surface area contributed by atoms with Crippen LogP contribution < -0.4 is 5.56 Å². The van der Waals surface area contributed by atoms with Gasteiger partial charge in [0.05, 0.1) is 5.51 Å². The third-order valence-electron chi connectivity index (χ3n) is 4.98. The number of thiazole rings is 1. The van der Waals surface area contributed by atoms with E-state index in [2.05, 4.69) is 15.1 Å². The van der Waals surface area contributed by atoms with Gasteiger partial charge in [-0.15, -0.1) is 11.3 Å². The van der Waals surface area contributed by atoms with Gasteiger partial charge < -0.3 is 4.90 Å². The average Bonchev–Trinajstić information content (AvgIpc) is 3.29. The van der Waals surface area contributed by atoms with Crippen LogP contribution in [0.15, 0.2) is 21.8 Å². The Morgan fingerprint density at radius 1 is 1.32 bits per heavy atom. The summed E-state index contributed by atoms with van der Waals surface area (Å²) in [6.07, 6.45) is 1.71. The number of piperidine rings is 1. The molecule has 0 bridgehead atoms. The predicted octanol–water partition coefficient (Wildman–Crippen LogP) is 2.12. The van der Waals surface area contributed by atoms with Crippen molar-refractivity contribution in [3.63, 3.8) is 0 Å². The highest BCUT2D eigenvalue weighted by molar-refractivity contribution is 7.07. The van der Waals surface area contributed by atoms with Gasteiger partial charge in [0.25, 0.3) is 11.5 Å². The van der Waals surface area contributed by atoms with Crippen LogP contribution >= 0.6 is 11.3 Å². The Kier molecular flexibility index (Phi) is 3.91. The first-order valence-electron chi connectivity index (χ1n) is 8.31. The Bertz CT molecular complexity index is 981. The standard InChI is InChI=1S/C17H19N5O2S/c1-10-11(2)19-15-7-13(20-22(15)16(10)23)12-3-5-21(6-4-12)17(24)14-8-25-9-18-14/h7-9,12,20H,3-6H2,1-2H3. The number of H-pyrrole nitrogens is 1. The van der Waals surface area contributed by atoms with Gasteiger partial charge in [-0.05, 0) is 26.7 Å². The van der Waals surface area contributed by atoms with Crippen LogP contribution in [0.3, 0.4) is 0 Å². The third-order valence-corrected chi connectivity index (χ3v) is 5.56. The summed E-state index contributed by atoms with van der Waals surface area (Å²) < 4.78 is 1.52. The highest BCUT2D eigenvalue weighted by Gasteiger charge is 2.26. The van der Waals surface area contributed by atoms with Gasteiger partial charge in [0, 0.05) is 47.4 Å². The maximum absolute atomic E-state index is 12.4. The monoisotopic (exact) mass is 357 g/mol. The molecule has 0 atom stereocenters. The van der Waals surface area contributed by atoms with Gasteiger partial charge in [-0.3, -0.25) is 14.7 Å². The molecule has 1 aliphatic heterocycles. The van der Waals surface area contributed by atoms with Crippen LogP contribution in [0.1, 0.15) is 46.2 Å². The van der Waals surface area contributed by atoms with E-state index in [1.165, 1.54) is 15.9 Å². The van der Waals surface area contributed by atoms with Gasteiger partial charge in [-0.25, -0.2) is 14.5 Å². The zero-order valence-electron chi connectivity index (χ0n) is 14.2. The summed E-state index contributed by atoms with van der Waals surface area (Å²) in [6.45, 7) is 5.03. The van der Waals surface area contributed by atoms with Crippen molar-refractivity contribution in [2.75, 3.05) is 13.1 Å². The molecule has 0 saturated carbocycles. The molecule has 0 aromatic carbocycles. The summed E-state index contributed by atoms with van der Waals surface area (Å²) in [5, 5.41) is 4.99. The fourth-order valence-electron chi connectivity index (χ4n) is 3.32. The quantitative estimate of drug-likeness (QED) is 0.761. The largest absolute Gasteiger partial charge is 0.337 e. The highest BCUT2D eigenvalue weighted by Crippen LogP contribution is 2.28. The van der Waals surface area contributed by atoms with Crippen molar-refractivity contribution in [2.24, 2.45) is 0 Å². The number of rotatable bonds is 2. The van der Waals surface area contributed by atoms with Crippen LogP contribution in [0.5, 0.6) is 0 Å². The number of aromatic nitrogens is 4. The Hall–Kier alpha value is -2.48. The summed E-state index contributed by atoms with van der Waals surface area (Å²) in [6, 6.07) is 1.95. The molecule has 7 nitrogen and oxygen atoms in total. The van der Waals surface area contributed by atoms with Crippen molar-refractivity contribution >= 4 is 22.9 Å². The number of nitrogens with zero attached hydrogens (tertiary/aromatic N) is 4. The lowest BCUT2D eigenvalue weighted by Crippen LogP contribution is -2.38. The zero-order chi connectivity index (χ0) is 17.6. The van der Waals surface area contributed by atoms with Crippen molar-refractivity contribution < 1.29 is 4.79 Å². The number of fused-ring (bicyclic) bond motifs is 1. The fourth-order valence-corrected chi connectivity index (χ4v) is 3.85. The number of carbonyl (C=O) groups is 1. The van der Waals surface area contributed by atoms with E-state index in [0.29, 0.717) is 35.9 Å². The van der Waals surface area contributed by atoms with Crippen LogP contribution in [0.25, 0.3) is 5.65 Å². The Morgan fingerprint density at radius 2 is 2.08 bits per heavy atom. The smallest absolute Gasteiger partial charge is 0.275 e. The summed E-state index contributed by atoms with van der Waals surface area (Å²) >= 11 is 1.43. The summed E-state index contributed by atoms with van der Waals surface area (Å²) in [5.41, 5.74) is 5.24. The van der Waals surface area contributed by atoms with Crippen molar-refractivity contribution in [2.45, 2.75) is 32.6 Å². The Morgan fingerprint density at radius 3 is 2.76 bits per heavy atom. The molecule has 1 N–H and O–H groups in total. The predicted molar refractivity (Wildman–Crippen MR) is 95.3 cm³/mol. The van der Waals surface area contributed by atoms with Crippen LogP contribution in [0, 0.1) is 13.8 Å². The van der Waals surface area contributed by atoms with E-state index in [4.69, 9.17) is 0 Å². The maximum Gasteiger partial charge on any atom is 0.275 e. The SMILES string of the molecule is Cc1nc2cc(C3CCN(C(=O)c4cscn4)CC3)[nH]n2c(=O)c1C. The van der Waals surface area contributed by atoms with Gasteiger partial charge in [0.2, 0.25) is 0 Å². The molecule has 1 fully saturated rings. The molecule has 3 aromatic heterocycles. The normalized spacial score (nSPS) is 15.8. The average molecular weight is 357 g/mol. The minimum Gasteiger partial charge on any atom is -0.337 e. The van der Waals surface area contributed by atoms with E-state index >= 15 is 0 Å². The van der Waals surface area contributed by atoms with Gasteiger partial charge in [0.15, 0.2) is 5.65 Å². The van der Waals surface area contributed by atoms with E-state index in [1.54, 1.807) is 17.8 Å². The maximum atomic E-state index is 12.4. The minimum absolute atomic E-state index is 0.000447. The Balaban J connectivity index is 1.53. The third kappa shape index (κ3) is 2.76. The first kappa shape index (κ1) is 16.0. The molecule has 1 aliphatic rings. The molecule has 0 spiro atoms. The van der Waals surface area contributed by atoms with E-state index in [9.17, 15) is 9.59 Å². The lowest BCUT2D eigenvalue weighted by atomic mass is 9.93. The molecule has 130 valence electrons. The molecule has 0 aliphatic carbocycles. The number of aryl methyl sites for hydroxylation is 1. The van der Waals surface area contributed by atoms with Crippen LogP contribution in [0.2, 0.25) is 0 Å². The number of likely N-dealkylation sites (tertiary alicyclic amines) is 1. The number of amides is 1. The summed E-state index contributed by atoms with van der Waals surface area (Å²) in [5.74, 6) is 0.293. The first-order chi connectivity index (χ1) is 12.0. The lowest BCUT2D eigenvalue weighted by molar-refractivity contribution is 0.0707. The highest BCUT2D eigenvalue weighted by atomic mass is 32.1. The van der Waals surface area contributed by atoms with Crippen molar-refractivity contribution in [3.8, 4) is 0 Å². The molecule has 4 rings (SSSR count). The van der Waals surface area contributed by atoms with Gasteiger partial charge in [-0.2, -0.15) is 0 Å². The second-order valence-corrected chi connectivity index (χ2v) is 7.19. The summed E-state index contributed by atoms with van der Waals surface area (Å²) in [4.78, 5) is 35.2. The van der Waals surface area contributed by atoms with Crippen molar-refractivity contribution in [3.05, 3.63) is 50.0 Å². The molecule has 0 radical (unpaired) electrons. The van der Waals surface area contributed by atoms with E-state index in [-0.39, 0.29) is 11.5 Å². The second kappa shape index (κ2) is 6.11. The molecule has 8 heteroatoms. The molecular weight excluding hydrogens is 338 g/mol. The first-order valence-corrected chi connectivity index (χ1v) is 9.25. The van der Waals surface area contributed by atoms with E-state index in [1.807, 2.05) is 17.9 Å². The topological polar surface area (TPSA) is 83.4 Å². The lowest BCUT2D eigenvalue weighted by Gasteiger charge is -2.31. The number of aromatic amines is 1. The molecule has 3 aromatic rings. The molecule has 1 saturated heterocycles. The number of hydrogen-bond acceptors (Lipinski definition) is 5. The van der Waals surface area contributed by atoms with Crippen molar-refractivity contribution in [1.82, 2.24) is 24.5 Å². The van der Waals surface area contributed by atoms with Crippen molar-refractivity contribution in [1.29, 1.82) is 0 Å². The second-order valence-electron chi connectivity index (χ2n) is 6.47. The van der Waals surface area contributed by atoms with Gasteiger partial charge >= 0.3 is 0 Å². The molecular formula is C17H19N5O2S. The number of nitrogens with one attached hydrogen (secondary N) is 1. The van der Waals surface area contributed by atoms with Crippen LogP contribution in [0.4, 0.5) is 0 Å². The van der Waals surface area contributed by atoms with E-state index < -0.39 is 0 Å². The number of carbonyl (C=O) groups excluding carboxylic acids is 1.